The van der Waals surface area contributed by atoms with Crippen molar-refractivity contribution in [2.75, 3.05) is 11.9 Å². The van der Waals surface area contributed by atoms with Crippen molar-refractivity contribution in [3.63, 3.8) is 0 Å². The average Bonchev–Trinajstić information content (AvgIpc) is 2.35. The number of rotatable bonds is 2. The number of piperidine rings is 1. The Kier molecular flexibility index (Phi) is 3.78. The highest BCUT2D eigenvalue weighted by atomic mass is 35.5. The smallest absolute Gasteiger partial charge is 0.244 e. The second-order valence-electron chi connectivity index (χ2n) is 4.84. The van der Waals surface area contributed by atoms with Gasteiger partial charge in [-0.15, -0.1) is 0 Å². The lowest BCUT2D eigenvalue weighted by Crippen LogP contribution is -2.54. The Hall–Kier alpha value is -1.26. The molecular weight excluding hydrogens is 252 g/mol. The number of hydrogen-bond acceptors (Lipinski definition) is 3. The summed E-state index contributed by atoms with van der Waals surface area (Å²) in [7, 11) is 0. The van der Waals surface area contributed by atoms with E-state index in [1.165, 1.54) is 6.07 Å². The van der Waals surface area contributed by atoms with E-state index >= 15 is 0 Å². The summed E-state index contributed by atoms with van der Waals surface area (Å²) < 4.78 is 0. The highest BCUT2D eigenvalue weighted by Crippen LogP contribution is 2.27. The quantitative estimate of drug-likeness (QED) is 0.723. The first-order valence-electron chi connectivity index (χ1n) is 6.06. The van der Waals surface area contributed by atoms with Gasteiger partial charge in [0.05, 0.1) is 10.6 Å². The molecule has 98 valence electrons. The number of nitrogens with one attached hydrogen (secondary N) is 2. The highest BCUT2D eigenvalue weighted by molar-refractivity contribution is 6.32. The monoisotopic (exact) mass is 268 g/mol. The van der Waals surface area contributed by atoms with Crippen LogP contribution in [0.1, 0.15) is 26.2 Å². The molecule has 1 unspecified atom stereocenters. The predicted octanol–water partition coefficient (Wildman–Crippen LogP) is 2.52. The Morgan fingerprint density at radius 1 is 1.50 bits per heavy atom. The van der Waals surface area contributed by atoms with Crippen LogP contribution >= 0.6 is 11.6 Å². The zero-order valence-corrected chi connectivity index (χ0v) is 11.0. The van der Waals surface area contributed by atoms with Gasteiger partial charge in [0.15, 0.2) is 0 Å². The first-order valence-corrected chi connectivity index (χ1v) is 6.44. The van der Waals surface area contributed by atoms with Crippen LogP contribution in [0.25, 0.3) is 0 Å². The average molecular weight is 269 g/mol. The Labute approximate surface area is 111 Å². The zero-order chi connectivity index (χ0) is 13.2. The van der Waals surface area contributed by atoms with Crippen molar-refractivity contribution in [2.24, 2.45) is 0 Å². The third kappa shape index (κ3) is 2.76. The minimum atomic E-state index is -0.525. The van der Waals surface area contributed by atoms with Gasteiger partial charge in [0.1, 0.15) is 5.75 Å². The number of benzene rings is 1. The fraction of sp³-hybridized carbons (Fsp3) is 0.462. The fourth-order valence-corrected chi connectivity index (χ4v) is 2.28. The summed E-state index contributed by atoms with van der Waals surface area (Å²) >= 11 is 5.80. The number of carbonyl (C=O) groups is 1. The summed E-state index contributed by atoms with van der Waals surface area (Å²) in [6.45, 7) is 2.77. The molecule has 1 aromatic carbocycles. The molecule has 1 heterocycles. The standard InChI is InChI=1S/C13H17ClN2O2/c1-13(6-2-3-7-15-13)12(18)16-9-4-5-11(17)10(14)8-9/h4-5,8,15,17H,2-3,6-7H2,1H3,(H,16,18). The highest BCUT2D eigenvalue weighted by Gasteiger charge is 2.34. The molecule has 0 spiro atoms. The molecule has 5 heteroatoms. The molecule has 1 atom stereocenters. The minimum absolute atomic E-state index is 0.0108. The van der Waals surface area contributed by atoms with Crippen LogP contribution in [0.2, 0.25) is 5.02 Å². The molecule has 0 aliphatic carbocycles. The van der Waals surface area contributed by atoms with Crippen LogP contribution in [-0.2, 0) is 4.79 Å². The van der Waals surface area contributed by atoms with E-state index in [0.717, 1.165) is 25.8 Å². The molecule has 18 heavy (non-hydrogen) atoms. The maximum atomic E-state index is 12.2. The van der Waals surface area contributed by atoms with Crippen molar-refractivity contribution in [1.29, 1.82) is 0 Å². The molecule has 2 rings (SSSR count). The minimum Gasteiger partial charge on any atom is -0.506 e. The maximum Gasteiger partial charge on any atom is 0.244 e. The van der Waals surface area contributed by atoms with Crippen LogP contribution in [0, 0.1) is 0 Å². The van der Waals surface area contributed by atoms with E-state index in [9.17, 15) is 9.90 Å². The number of halogens is 1. The number of phenolic OH excluding ortho intramolecular Hbond substituents is 1. The third-order valence-electron chi connectivity index (χ3n) is 3.33. The Morgan fingerprint density at radius 3 is 2.89 bits per heavy atom. The van der Waals surface area contributed by atoms with Crippen LogP contribution in [-0.4, -0.2) is 23.1 Å². The van der Waals surface area contributed by atoms with Crippen molar-refractivity contribution in [1.82, 2.24) is 5.32 Å². The van der Waals surface area contributed by atoms with Crippen molar-refractivity contribution in [3.05, 3.63) is 23.2 Å². The predicted molar refractivity (Wildman–Crippen MR) is 72.0 cm³/mol. The molecule has 1 saturated heterocycles. The molecule has 0 saturated carbocycles. The van der Waals surface area contributed by atoms with Gasteiger partial charge in [-0.2, -0.15) is 0 Å². The van der Waals surface area contributed by atoms with Crippen molar-refractivity contribution in [3.8, 4) is 5.75 Å². The van der Waals surface area contributed by atoms with Crippen molar-refractivity contribution < 1.29 is 9.90 Å². The molecule has 3 N–H and O–H groups in total. The maximum absolute atomic E-state index is 12.2. The summed E-state index contributed by atoms with van der Waals surface area (Å²) in [6.07, 6.45) is 2.98. The van der Waals surface area contributed by atoms with Gasteiger partial charge in [0.25, 0.3) is 0 Å². The topological polar surface area (TPSA) is 61.4 Å². The summed E-state index contributed by atoms with van der Waals surface area (Å²) in [6, 6.07) is 4.64. The van der Waals surface area contributed by atoms with Crippen LogP contribution in [0.4, 0.5) is 5.69 Å². The van der Waals surface area contributed by atoms with Gasteiger partial charge in [0, 0.05) is 5.69 Å². The molecule has 1 amide bonds. The van der Waals surface area contributed by atoms with E-state index in [2.05, 4.69) is 10.6 Å². The lowest BCUT2D eigenvalue weighted by atomic mass is 9.90. The van der Waals surface area contributed by atoms with E-state index in [1.807, 2.05) is 6.92 Å². The van der Waals surface area contributed by atoms with E-state index in [4.69, 9.17) is 11.6 Å². The van der Waals surface area contributed by atoms with E-state index in [-0.39, 0.29) is 16.7 Å². The van der Waals surface area contributed by atoms with Gasteiger partial charge in [-0.25, -0.2) is 0 Å². The number of aromatic hydroxyl groups is 1. The largest absolute Gasteiger partial charge is 0.506 e. The molecule has 1 aliphatic rings. The first-order chi connectivity index (χ1) is 8.51. The normalized spacial score (nSPS) is 23.7. The van der Waals surface area contributed by atoms with Gasteiger partial charge >= 0.3 is 0 Å². The molecule has 1 aliphatic heterocycles. The summed E-state index contributed by atoms with van der Waals surface area (Å²) in [5, 5.41) is 15.6. The fourth-order valence-electron chi connectivity index (χ4n) is 2.10. The van der Waals surface area contributed by atoms with Crippen LogP contribution in [0.5, 0.6) is 5.75 Å². The van der Waals surface area contributed by atoms with Crippen LogP contribution in [0.15, 0.2) is 18.2 Å². The second kappa shape index (κ2) is 5.16. The van der Waals surface area contributed by atoms with Gasteiger partial charge in [-0.1, -0.05) is 11.6 Å². The lowest BCUT2D eigenvalue weighted by Gasteiger charge is -2.33. The molecule has 0 bridgehead atoms. The summed E-state index contributed by atoms with van der Waals surface area (Å²) in [4.78, 5) is 12.2. The van der Waals surface area contributed by atoms with Gasteiger partial charge in [-0.3, -0.25) is 4.79 Å². The molecule has 0 radical (unpaired) electrons. The van der Waals surface area contributed by atoms with Gasteiger partial charge in [0.2, 0.25) is 5.91 Å². The number of anilines is 1. The molecule has 4 nitrogen and oxygen atoms in total. The number of phenols is 1. The molecule has 0 aromatic heterocycles. The van der Waals surface area contributed by atoms with Crippen LogP contribution in [0.3, 0.4) is 0 Å². The van der Waals surface area contributed by atoms with Crippen molar-refractivity contribution in [2.45, 2.75) is 31.7 Å². The second-order valence-corrected chi connectivity index (χ2v) is 5.24. The summed E-state index contributed by atoms with van der Waals surface area (Å²) in [5.41, 5.74) is 0.0687. The Morgan fingerprint density at radius 2 is 2.28 bits per heavy atom. The van der Waals surface area contributed by atoms with Gasteiger partial charge in [-0.05, 0) is 50.9 Å². The number of amides is 1. The van der Waals surface area contributed by atoms with E-state index in [0.29, 0.717) is 5.69 Å². The van der Waals surface area contributed by atoms with E-state index in [1.54, 1.807) is 12.1 Å². The Bertz CT molecular complexity index is 456. The molecule has 1 fully saturated rings. The third-order valence-corrected chi connectivity index (χ3v) is 3.63. The SMILES string of the molecule is CC1(C(=O)Nc2ccc(O)c(Cl)c2)CCCCN1. The van der Waals surface area contributed by atoms with E-state index < -0.39 is 5.54 Å². The number of hydrogen-bond donors (Lipinski definition) is 3. The van der Waals surface area contributed by atoms with Crippen molar-refractivity contribution >= 4 is 23.2 Å². The number of carbonyl (C=O) groups excluding carboxylic acids is 1. The van der Waals surface area contributed by atoms with Gasteiger partial charge < -0.3 is 15.7 Å². The van der Waals surface area contributed by atoms with Crippen LogP contribution < -0.4 is 10.6 Å². The summed E-state index contributed by atoms with van der Waals surface area (Å²) in [5.74, 6) is -0.0550. The first kappa shape index (κ1) is 13.2. The molecular formula is C13H17ClN2O2. The zero-order valence-electron chi connectivity index (χ0n) is 10.3. The lowest BCUT2D eigenvalue weighted by molar-refractivity contribution is -0.122. The Balaban J connectivity index is 2.08. The molecule has 1 aromatic rings.